The molecule has 0 radical (unpaired) electrons. The Morgan fingerprint density at radius 3 is 2.50 bits per heavy atom. The van der Waals surface area contributed by atoms with Gasteiger partial charge in [-0.3, -0.25) is 14.4 Å². The van der Waals surface area contributed by atoms with Crippen molar-refractivity contribution < 1.29 is 29.1 Å². The predicted octanol–water partition coefficient (Wildman–Crippen LogP) is 6.29. The molecule has 2 fully saturated rings. The predicted molar refractivity (Wildman–Crippen MR) is 144 cm³/mol. The van der Waals surface area contributed by atoms with E-state index in [9.17, 15) is 24.6 Å². The number of nitrogens with zero attached hydrogens (tertiary/aromatic N) is 1. The third kappa shape index (κ3) is 6.83. The van der Waals surface area contributed by atoms with Gasteiger partial charge in [0.25, 0.3) is 0 Å². The first-order chi connectivity index (χ1) is 18.0. The van der Waals surface area contributed by atoms with Crippen molar-refractivity contribution in [3.8, 4) is 0 Å². The molecule has 0 spiro atoms. The van der Waals surface area contributed by atoms with E-state index in [0.29, 0.717) is 28.8 Å². The molecule has 2 saturated carbocycles. The van der Waals surface area contributed by atoms with E-state index in [1.54, 1.807) is 12.1 Å². The van der Waals surface area contributed by atoms with Crippen LogP contribution in [0.4, 0.5) is 5.69 Å². The maximum absolute atomic E-state index is 13.1. The lowest BCUT2D eigenvalue weighted by molar-refractivity contribution is -0.137. The summed E-state index contributed by atoms with van der Waals surface area (Å²) in [6, 6.07) is 4.72. The highest BCUT2D eigenvalue weighted by Gasteiger charge is 2.42. The fourth-order valence-electron chi connectivity index (χ4n) is 5.55. The number of carbonyl (C=O) groups excluding carboxylic acids is 2. The van der Waals surface area contributed by atoms with E-state index >= 15 is 0 Å². The number of halogens is 1. The van der Waals surface area contributed by atoms with Gasteiger partial charge in [-0.25, -0.2) is 0 Å². The van der Waals surface area contributed by atoms with E-state index in [4.69, 9.17) is 16.1 Å². The van der Waals surface area contributed by atoms with Gasteiger partial charge in [0, 0.05) is 42.4 Å². The van der Waals surface area contributed by atoms with Gasteiger partial charge in [-0.1, -0.05) is 30.6 Å². The number of carboxylic acids is 1. The van der Waals surface area contributed by atoms with Crippen LogP contribution in [0.25, 0.3) is 0 Å². The summed E-state index contributed by atoms with van der Waals surface area (Å²) in [6.45, 7) is 5.75. The molecule has 0 saturated heterocycles. The molecule has 1 aromatic carbocycles. The lowest BCUT2D eigenvalue weighted by atomic mass is 9.66. The van der Waals surface area contributed by atoms with Gasteiger partial charge < -0.3 is 20.1 Å². The van der Waals surface area contributed by atoms with Crippen molar-refractivity contribution in [2.45, 2.75) is 89.9 Å². The molecule has 1 amide bonds. The second-order valence-corrected chi connectivity index (χ2v) is 12.2. The average Bonchev–Trinajstić information content (AvgIpc) is 3.58. The number of hydrogen-bond acceptors (Lipinski definition) is 6. The Kier molecular flexibility index (Phi) is 8.62. The summed E-state index contributed by atoms with van der Waals surface area (Å²) < 4.78 is 5.92. The number of carboxylic acid groups (broad SMARTS) is 1. The van der Waals surface area contributed by atoms with Crippen molar-refractivity contribution in [3.63, 3.8) is 0 Å². The average molecular weight is 545 g/mol. The van der Waals surface area contributed by atoms with E-state index in [-0.39, 0.29) is 53.9 Å². The first kappa shape index (κ1) is 28.3. The number of Topliss-reactive ketones (excluding diaryl/α,β-unsaturated/α-hetero) is 1. The number of aliphatic carboxylic acids is 1. The van der Waals surface area contributed by atoms with Gasteiger partial charge in [0.05, 0.1) is 16.4 Å². The number of aliphatic hydroxyl groups excluding tert-OH is 1. The molecular weight excluding hydrogens is 508 g/mol. The zero-order valence-electron chi connectivity index (χ0n) is 22.3. The Labute approximate surface area is 228 Å². The van der Waals surface area contributed by atoms with Gasteiger partial charge in [-0.05, 0) is 80.9 Å². The molecule has 4 rings (SSSR count). The molecule has 0 bridgehead atoms. The molecule has 38 heavy (non-hydrogen) atoms. The minimum atomic E-state index is -0.928. The number of carbonyl (C=O) groups is 3. The van der Waals surface area contributed by atoms with E-state index < -0.39 is 11.9 Å². The molecule has 3 N–H and O–H groups in total. The van der Waals surface area contributed by atoms with E-state index in [1.807, 2.05) is 0 Å². The van der Waals surface area contributed by atoms with Gasteiger partial charge in [-0.15, -0.1) is 0 Å². The van der Waals surface area contributed by atoms with Gasteiger partial charge in [0.15, 0.2) is 5.78 Å². The summed E-state index contributed by atoms with van der Waals surface area (Å²) in [5.41, 5.74) is 2.52. The highest BCUT2D eigenvalue weighted by atomic mass is 35.5. The van der Waals surface area contributed by atoms with Crippen molar-refractivity contribution in [1.29, 1.82) is 0 Å². The minimum Gasteiger partial charge on any atom is -0.481 e. The van der Waals surface area contributed by atoms with Gasteiger partial charge in [0.1, 0.15) is 5.76 Å². The first-order valence-electron chi connectivity index (χ1n) is 13.4. The topological polar surface area (TPSA) is 130 Å². The molecule has 2 aliphatic rings. The molecular formula is C29H37ClN2O6. The molecule has 8 nitrogen and oxygen atoms in total. The van der Waals surface area contributed by atoms with Crippen LogP contribution in [-0.4, -0.2) is 39.6 Å². The number of benzene rings is 1. The summed E-state index contributed by atoms with van der Waals surface area (Å²) >= 11 is 6.28. The number of rotatable bonds is 13. The van der Waals surface area contributed by atoms with Crippen LogP contribution in [-0.2, 0) is 9.59 Å². The number of aliphatic hydroxyl groups is 1. The van der Waals surface area contributed by atoms with Crippen LogP contribution in [0.15, 0.2) is 22.7 Å². The SMILES string of the molecule is CC(=O)c1ccc(NC(=O)C[C@H](CCC(=O)O)c2noc([C@H]3C[C@@H](CC(C)(C)CO)C3)c2C2CC2)c(Cl)c1. The van der Waals surface area contributed by atoms with Crippen LogP contribution in [0.1, 0.15) is 117 Å². The molecule has 0 aliphatic heterocycles. The molecule has 1 aromatic heterocycles. The Morgan fingerprint density at radius 1 is 1.21 bits per heavy atom. The lowest BCUT2D eigenvalue weighted by Crippen LogP contribution is -2.29. The molecule has 1 heterocycles. The maximum atomic E-state index is 13.1. The molecule has 9 heteroatoms. The quantitative estimate of drug-likeness (QED) is 0.253. The highest BCUT2D eigenvalue weighted by Crippen LogP contribution is 2.53. The number of nitrogens with one attached hydrogen (secondary N) is 1. The second-order valence-electron chi connectivity index (χ2n) is 11.8. The van der Waals surface area contributed by atoms with Crippen molar-refractivity contribution >= 4 is 34.9 Å². The van der Waals surface area contributed by atoms with Crippen LogP contribution < -0.4 is 5.32 Å². The van der Waals surface area contributed by atoms with Gasteiger partial charge in [0.2, 0.25) is 5.91 Å². The number of aromatic nitrogens is 1. The summed E-state index contributed by atoms with van der Waals surface area (Å²) in [4.78, 5) is 36.1. The van der Waals surface area contributed by atoms with Crippen LogP contribution in [0.5, 0.6) is 0 Å². The Morgan fingerprint density at radius 2 is 1.92 bits per heavy atom. The van der Waals surface area contributed by atoms with Crippen molar-refractivity contribution in [1.82, 2.24) is 5.16 Å². The van der Waals surface area contributed by atoms with E-state index in [1.165, 1.54) is 13.0 Å². The zero-order chi connectivity index (χ0) is 27.6. The Bertz CT molecular complexity index is 1200. The maximum Gasteiger partial charge on any atom is 0.303 e. The molecule has 206 valence electrons. The highest BCUT2D eigenvalue weighted by molar-refractivity contribution is 6.34. The van der Waals surface area contributed by atoms with Crippen LogP contribution in [0, 0.1) is 11.3 Å². The fourth-order valence-corrected chi connectivity index (χ4v) is 5.78. The van der Waals surface area contributed by atoms with Crippen LogP contribution >= 0.6 is 11.6 Å². The van der Waals surface area contributed by atoms with Crippen LogP contribution in [0.2, 0.25) is 5.02 Å². The van der Waals surface area contributed by atoms with Crippen molar-refractivity contribution in [3.05, 3.63) is 45.8 Å². The Hall–Kier alpha value is -2.71. The summed E-state index contributed by atoms with van der Waals surface area (Å²) in [6.07, 6.45) is 5.21. The number of anilines is 1. The monoisotopic (exact) mass is 544 g/mol. The lowest BCUT2D eigenvalue weighted by Gasteiger charge is -2.38. The molecule has 1 atom stereocenters. The fraction of sp³-hybridized carbons (Fsp3) is 0.586. The van der Waals surface area contributed by atoms with E-state index in [0.717, 1.165) is 43.4 Å². The smallest absolute Gasteiger partial charge is 0.303 e. The molecule has 2 aromatic rings. The number of amides is 1. The van der Waals surface area contributed by atoms with Crippen LogP contribution in [0.3, 0.4) is 0 Å². The van der Waals surface area contributed by atoms with Gasteiger partial charge >= 0.3 is 5.97 Å². The second kappa shape index (κ2) is 11.6. The molecule has 0 unspecified atom stereocenters. The third-order valence-electron chi connectivity index (χ3n) is 7.82. The third-order valence-corrected chi connectivity index (χ3v) is 8.13. The van der Waals surface area contributed by atoms with E-state index in [2.05, 4.69) is 24.3 Å². The normalized spacial score (nSPS) is 20.0. The largest absolute Gasteiger partial charge is 0.481 e. The van der Waals surface area contributed by atoms with Crippen molar-refractivity contribution in [2.75, 3.05) is 11.9 Å². The summed E-state index contributed by atoms with van der Waals surface area (Å²) in [5.74, 6) is 0.255. The first-order valence-corrected chi connectivity index (χ1v) is 13.8. The summed E-state index contributed by atoms with van der Waals surface area (Å²) in [5, 5.41) is 26.5. The standard InChI is InChI=1S/C29H37ClN2O6/c1-16(34)19-6-8-23(22(30)12-19)31-24(35)13-20(7-9-25(36)37)27-26(18-4-5-18)28(38-32-27)21-10-17(11-21)14-29(2,3)15-33/h6,8,12,17-18,20-21,33H,4-5,7,9-11,13-15H2,1-3H3,(H,31,35)(H,36,37)/t17-,20-,21+/m0/s1. The van der Waals surface area contributed by atoms with Crippen molar-refractivity contribution in [2.24, 2.45) is 11.3 Å². The number of hydrogen-bond donors (Lipinski definition) is 3. The zero-order valence-corrected chi connectivity index (χ0v) is 23.0. The van der Waals surface area contributed by atoms with Gasteiger partial charge in [-0.2, -0.15) is 0 Å². The Balaban J connectivity index is 1.50. The summed E-state index contributed by atoms with van der Waals surface area (Å²) in [7, 11) is 0. The number of ketones is 1. The molecule has 2 aliphatic carbocycles. The minimum absolute atomic E-state index is 0.0434.